The highest BCUT2D eigenvalue weighted by atomic mass is 16.6. The van der Waals surface area contributed by atoms with Crippen LogP contribution >= 0.6 is 0 Å². The van der Waals surface area contributed by atoms with Crippen LogP contribution in [-0.2, 0) is 6.54 Å². The molecule has 2 aromatic heterocycles. The van der Waals surface area contributed by atoms with Crippen molar-refractivity contribution in [1.82, 2.24) is 20.2 Å². The van der Waals surface area contributed by atoms with Crippen molar-refractivity contribution in [2.24, 2.45) is 5.10 Å². The number of pyridine rings is 1. The van der Waals surface area contributed by atoms with E-state index in [1.54, 1.807) is 53.6 Å². The van der Waals surface area contributed by atoms with Gasteiger partial charge in [-0.05, 0) is 29.3 Å². The lowest BCUT2D eigenvalue weighted by Crippen LogP contribution is -2.18. The zero-order valence-corrected chi connectivity index (χ0v) is 13.5. The minimum Gasteiger partial charge on any atom is -0.268 e. The normalized spacial score (nSPS) is 10.8. The summed E-state index contributed by atoms with van der Waals surface area (Å²) in [5.41, 5.74) is 4.30. The summed E-state index contributed by atoms with van der Waals surface area (Å²) in [6.07, 6.45) is 6.42. The first kappa shape index (κ1) is 17.0. The number of nitrogens with one attached hydrogen (secondary N) is 1. The summed E-state index contributed by atoms with van der Waals surface area (Å²) in [5.74, 6) is -0.433. The molecule has 0 saturated heterocycles. The van der Waals surface area contributed by atoms with Crippen molar-refractivity contribution in [1.29, 1.82) is 0 Å². The number of hydrogen-bond acceptors (Lipinski definition) is 6. The summed E-state index contributed by atoms with van der Waals surface area (Å²) in [6, 6.07) is 11.3. The van der Waals surface area contributed by atoms with Crippen molar-refractivity contribution in [3.05, 3.63) is 88.0 Å². The maximum Gasteiger partial charge on any atom is 0.291 e. The second-order valence-corrected chi connectivity index (χ2v) is 5.30. The standard InChI is InChI=1S/C17H14N6O3/c24-17(20-19-11-13-5-8-18-9-6-13)16-7-10-22(21-16)12-14-1-3-15(4-2-14)23(25)26/h1-11H,12H2,(H,20,24). The van der Waals surface area contributed by atoms with Crippen molar-refractivity contribution in [2.45, 2.75) is 6.54 Å². The van der Waals surface area contributed by atoms with Crippen LogP contribution < -0.4 is 5.43 Å². The van der Waals surface area contributed by atoms with Crippen LogP contribution in [0, 0.1) is 10.1 Å². The predicted molar refractivity (Wildman–Crippen MR) is 93.7 cm³/mol. The Hall–Kier alpha value is -3.88. The highest BCUT2D eigenvalue weighted by Gasteiger charge is 2.09. The van der Waals surface area contributed by atoms with E-state index in [9.17, 15) is 14.9 Å². The molecule has 0 bridgehead atoms. The number of nitro groups is 1. The number of aromatic nitrogens is 3. The van der Waals surface area contributed by atoms with Gasteiger partial charge < -0.3 is 0 Å². The molecule has 1 amide bonds. The molecule has 0 aliphatic rings. The maximum absolute atomic E-state index is 12.0. The minimum absolute atomic E-state index is 0.0290. The molecule has 0 unspecified atom stereocenters. The molecule has 130 valence electrons. The fraction of sp³-hybridized carbons (Fsp3) is 0.0588. The van der Waals surface area contributed by atoms with Gasteiger partial charge in [0.1, 0.15) is 0 Å². The molecule has 9 heteroatoms. The first-order valence-corrected chi connectivity index (χ1v) is 7.62. The van der Waals surface area contributed by atoms with E-state index in [4.69, 9.17) is 0 Å². The molecule has 9 nitrogen and oxygen atoms in total. The number of carbonyl (C=O) groups is 1. The largest absolute Gasteiger partial charge is 0.291 e. The molecule has 3 aromatic rings. The van der Waals surface area contributed by atoms with Crippen LogP contribution in [-0.4, -0.2) is 31.8 Å². The molecule has 1 aromatic carbocycles. The van der Waals surface area contributed by atoms with E-state index >= 15 is 0 Å². The topological polar surface area (TPSA) is 115 Å². The van der Waals surface area contributed by atoms with Gasteiger partial charge in [-0.15, -0.1) is 0 Å². The van der Waals surface area contributed by atoms with Gasteiger partial charge in [0.05, 0.1) is 17.7 Å². The third-order valence-electron chi connectivity index (χ3n) is 3.45. The fourth-order valence-electron chi connectivity index (χ4n) is 2.15. The summed E-state index contributed by atoms with van der Waals surface area (Å²) in [7, 11) is 0. The number of hydrazone groups is 1. The molecule has 0 aliphatic heterocycles. The van der Waals surface area contributed by atoms with Gasteiger partial charge in [-0.25, -0.2) is 5.43 Å². The molecule has 0 atom stereocenters. The molecular formula is C17H14N6O3. The van der Waals surface area contributed by atoms with Crippen LogP contribution in [0.5, 0.6) is 0 Å². The average molecular weight is 350 g/mol. The van der Waals surface area contributed by atoms with E-state index in [1.807, 2.05) is 0 Å². The number of benzene rings is 1. The maximum atomic E-state index is 12.0. The summed E-state index contributed by atoms with van der Waals surface area (Å²) in [4.78, 5) is 26.1. The van der Waals surface area contributed by atoms with E-state index in [0.717, 1.165) is 11.1 Å². The van der Waals surface area contributed by atoms with Gasteiger partial charge in [0.2, 0.25) is 0 Å². The third-order valence-corrected chi connectivity index (χ3v) is 3.45. The zero-order chi connectivity index (χ0) is 18.4. The van der Waals surface area contributed by atoms with Crippen molar-refractivity contribution < 1.29 is 9.72 Å². The highest BCUT2D eigenvalue weighted by Crippen LogP contribution is 2.12. The number of hydrogen-bond donors (Lipinski definition) is 1. The first-order chi connectivity index (χ1) is 12.6. The van der Waals surface area contributed by atoms with Crippen molar-refractivity contribution in [3.63, 3.8) is 0 Å². The summed E-state index contributed by atoms with van der Waals surface area (Å²) < 4.78 is 1.57. The number of nitro benzene ring substituents is 1. The van der Waals surface area contributed by atoms with Gasteiger partial charge >= 0.3 is 0 Å². The lowest BCUT2D eigenvalue weighted by Gasteiger charge is -2.01. The minimum atomic E-state index is -0.452. The number of rotatable bonds is 6. The Balaban J connectivity index is 1.59. The van der Waals surface area contributed by atoms with Crippen LogP contribution in [0.1, 0.15) is 21.6 Å². The Morgan fingerprint density at radius 2 is 1.92 bits per heavy atom. The zero-order valence-electron chi connectivity index (χ0n) is 13.5. The van der Waals surface area contributed by atoms with Gasteiger partial charge in [0, 0.05) is 30.7 Å². The Morgan fingerprint density at radius 3 is 2.62 bits per heavy atom. The van der Waals surface area contributed by atoms with Crippen LogP contribution in [0.15, 0.2) is 66.2 Å². The molecule has 0 spiro atoms. The first-order valence-electron chi connectivity index (χ1n) is 7.62. The molecule has 3 rings (SSSR count). The SMILES string of the molecule is O=C(NN=Cc1ccncc1)c1ccn(Cc2ccc([N+](=O)[O-])cc2)n1. The molecule has 0 fully saturated rings. The lowest BCUT2D eigenvalue weighted by atomic mass is 10.2. The van der Waals surface area contributed by atoms with E-state index in [1.165, 1.54) is 18.3 Å². The van der Waals surface area contributed by atoms with Gasteiger partial charge in [-0.2, -0.15) is 10.2 Å². The second-order valence-electron chi connectivity index (χ2n) is 5.30. The molecular weight excluding hydrogens is 336 g/mol. The van der Waals surface area contributed by atoms with Crippen molar-refractivity contribution >= 4 is 17.8 Å². The molecule has 26 heavy (non-hydrogen) atoms. The van der Waals surface area contributed by atoms with Crippen LogP contribution in [0.4, 0.5) is 5.69 Å². The summed E-state index contributed by atoms with van der Waals surface area (Å²) >= 11 is 0. The lowest BCUT2D eigenvalue weighted by molar-refractivity contribution is -0.384. The van der Waals surface area contributed by atoms with Crippen LogP contribution in [0.2, 0.25) is 0 Å². The predicted octanol–water partition coefficient (Wildman–Crippen LogP) is 2.00. The summed E-state index contributed by atoms with van der Waals surface area (Å²) in [6.45, 7) is 0.394. The number of non-ortho nitro benzene ring substituents is 1. The van der Waals surface area contributed by atoms with E-state index in [2.05, 4.69) is 20.6 Å². The fourth-order valence-corrected chi connectivity index (χ4v) is 2.15. The van der Waals surface area contributed by atoms with Gasteiger partial charge in [0.25, 0.3) is 11.6 Å². The van der Waals surface area contributed by atoms with Gasteiger partial charge in [-0.1, -0.05) is 12.1 Å². The highest BCUT2D eigenvalue weighted by molar-refractivity contribution is 5.92. The molecule has 1 N–H and O–H groups in total. The third kappa shape index (κ3) is 4.35. The van der Waals surface area contributed by atoms with Crippen LogP contribution in [0.3, 0.4) is 0 Å². The second kappa shape index (κ2) is 7.79. The Morgan fingerprint density at radius 1 is 1.19 bits per heavy atom. The molecule has 2 heterocycles. The Bertz CT molecular complexity index is 935. The van der Waals surface area contributed by atoms with Crippen LogP contribution in [0.25, 0.3) is 0 Å². The molecule has 0 aliphatic carbocycles. The van der Waals surface area contributed by atoms with E-state index < -0.39 is 10.8 Å². The number of nitrogens with zero attached hydrogens (tertiary/aromatic N) is 5. The Kier molecular flexibility index (Phi) is 5.08. The van der Waals surface area contributed by atoms with E-state index in [-0.39, 0.29) is 11.4 Å². The van der Waals surface area contributed by atoms with Gasteiger partial charge in [-0.3, -0.25) is 24.6 Å². The number of carbonyl (C=O) groups excluding carboxylic acids is 1. The average Bonchev–Trinajstić information content (AvgIpc) is 3.11. The smallest absolute Gasteiger partial charge is 0.268 e. The Labute approximate surface area is 148 Å². The monoisotopic (exact) mass is 350 g/mol. The quantitative estimate of drug-likeness (QED) is 0.415. The van der Waals surface area contributed by atoms with Gasteiger partial charge in [0.15, 0.2) is 5.69 Å². The number of amides is 1. The van der Waals surface area contributed by atoms with Crippen molar-refractivity contribution in [2.75, 3.05) is 0 Å². The van der Waals surface area contributed by atoms with E-state index in [0.29, 0.717) is 6.54 Å². The molecule has 0 saturated carbocycles. The van der Waals surface area contributed by atoms with Crippen molar-refractivity contribution in [3.8, 4) is 0 Å². The summed E-state index contributed by atoms with van der Waals surface area (Å²) in [5, 5.41) is 18.7. The molecule has 0 radical (unpaired) electrons.